The van der Waals surface area contributed by atoms with Crippen LogP contribution in [0.15, 0.2) is 0 Å². The number of amides is 2. The molecule has 0 radical (unpaired) electrons. The molecule has 0 fully saturated rings. The Hall–Kier alpha value is -1.63. The van der Waals surface area contributed by atoms with Gasteiger partial charge in [-0.25, -0.2) is 4.79 Å². The third-order valence-corrected chi connectivity index (χ3v) is 2.33. The lowest BCUT2D eigenvalue weighted by molar-refractivity contribution is -0.139. The Bertz CT molecular complexity index is 292. The van der Waals surface area contributed by atoms with E-state index in [0.717, 1.165) is 7.11 Å². The largest absolute Gasteiger partial charge is 0.480 e. The highest BCUT2D eigenvalue weighted by Gasteiger charge is 2.19. The SMILES string of the molecule is CCC(C)N(CC(=O)O)CC(=O)NC(=O)OC. The number of carbonyl (C=O) groups is 3. The van der Waals surface area contributed by atoms with E-state index in [9.17, 15) is 14.4 Å². The highest BCUT2D eigenvalue weighted by Crippen LogP contribution is 2.02. The van der Waals surface area contributed by atoms with Crippen molar-refractivity contribution >= 4 is 18.0 Å². The Morgan fingerprint density at radius 1 is 1.35 bits per heavy atom. The summed E-state index contributed by atoms with van der Waals surface area (Å²) in [5.74, 6) is -1.60. The zero-order chi connectivity index (χ0) is 13.4. The molecular formula is C10H18N2O5. The number of alkyl carbamates (subject to hydrolysis) is 1. The van der Waals surface area contributed by atoms with Crippen LogP contribution in [0.1, 0.15) is 20.3 Å². The summed E-state index contributed by atoms with van der Waals surface area (Å²) in [4.78, 5) is 34.3. The van der Waals surface area contributed by atoms with Gasteiger partial charge in [0.2, 0.25) is 5.91 Å². The second-order valence-corrected chi connectivity index (χ2v) is 3.60. The molecule has 0 aliphatic heterocycles. The minimum atomic E-state index is -1.02. The van der Waals surface area contributed by atoms with Crippen LogP contribution < -0.4 is 5.32 Å². The molecule has 0 heterocycles. The lowest BCUT2D eigenvalue weighted by Crippen LogP contribution is -2.45. The molecule has 98 valence electrons. The molecule has 0 saturated carbocycles. The lowest BCUT2D eigenvalue weighted by Gasteiger charge is -2.25. The van der Waals surface area contributed by atoms with Crippen molar-refractivity contribution in [3.63, 3.8) is 0 Å². The quantitative estimate of drug-likeness (QED) is 0.687. The molecule has 2 N–H and O–H groups in total. The number of rotatable bonds is 6. The van der Waals surface area contributed by atoms with Crippen LogP contribution >= 0.6 is 0 Å². The van der Waals surface area contributed by atoms with Gasteiger partial charge in [-0.2, -0.15) is 0 Å². The third-order valence-electron chi connectivity index (χ3n) is 2.33. The second kappa shape index (κ2) is 7.61. The zero-order valence-corrected chi connectivity index (χ0v) is 10.2. The van der Waals surface area contributed by atoms with Gasteiger partial charge in [0.1, 0.15) is 0 Å². The van der Waals surface area contributed by atoms with E-state index in [4.69, 9.17) is 5.11 Å². The number of carbonyl (C=O) groups excluding carboxylic acids is 2. The first-order valence-electron chi connectivity index (χ1n) is 5.24. The van der Waals surface area contributed by atoms with Crippen LogP contribution in [-0.4, -0.2) is 54.2 Å². The van der Waals surface area contributed by atoms with Gasteiger partial charge in [-0.15, -0.1) is 0 Å². The Labute approximate surface area is 99.7 Å². The van der Waals surface area contributed by atoms with Gasteiger partial charge in [-0.05, 0) is 13.3 Å². The number of aliphatic carboxylic acids is 1. The number of carboxylic acids is 1. The predicted octanol–water partition coefficient (Wildman–Crippen LogP) is 0.0541. The normalized spacial score (nSPS) is 12.0. The van der Waals surface area contributed by atoms with E-state index >= 15 is 0 Å². The van der Waals surface area contributed by atoms with Gasteiger partial charge in [0.25, 0.3) is 0 Å². The summed E-state index contributed by atoms with van der Waals surface area (Å²) in [6, 6.07) is -0.0607. The van der Waals surface area contributed by atoms with Gasteiger partial charge in [0.15, 0.2) is 0 Å². The Kier molecular flexibility index (Phi) is 6.88. The summed E-state index contributed by atoms with van der Waals surface area (Å²) in [6.45, 7) is 3.30. The number of nitrogens with zero attached hydrogens (tertiary/aromatic N) is 1. The zero-order valence-electron chi connectivity index (χ0n) is 10.2. The highest BCUT2D eigenvalue weighted by atomic mass is 16.5. The molecule has 0 aromatic rings. The monoisotopic (exact) mass is 246 g/mol. The molecule has 0 rings (SSSR count). The number of ether oxygens (including phenoxy) is 1. The Balaban J connectivity index is 4.37. The first-order chi connectivity index (χ1) is 7.90. The van der Waals surface area contributed by atoms with E-state index in [2.05, 4.69) is 4.74 Å². The number of nitrogens with one attached hydrogen (secondary N) is 1. The summed E-state index contributed by atoms with van der Waals surface area (Å²) in [5.41, 5.74) is 0. The molecule has 1 atom stereocenters. The fourth-order valence-corrected chi connectivity index (χ4v) is 1.19. The molecule has 0 spiro atoms. The van der Waals surface area contributed by atoms with Gasteiger partial charge in [-0.1, -0.05) is 6.92 Å². The maximum absolute atomic E-state index is 11.4. The van der Waals surface area contributed by atoms with E-state index in [1.165, 1.54) is 4.90 Å². The Morgan fingerprint density at radius 3 is 2.35 bits per heavy atom. The van der Waals surface area contributed by atoms with E-state index < -0.39 is 18.0 Å². The van der Waals surface area contributed by atoms with Crippen molar-refractivity contribution in [1.29, 1.82) is 0 Å². The molecule has 0 aliphatic carbocycles. The molecular weight excluding hydrogens is 228 g/mol. The smallest absolute Gasteiger partial charge is 0.413 e. The van der Waals surface area contributed by atoms with E-state index in [0.29, 0.717) is 6.42 Å². The van der Waals surface area contributed by atoms with Crippen molar-refractivity contribution in [2.45, 2.75) is 26.3 Å². The lowest BCUT2D eigenvalue weighted by atomic mass is 10.2. The van der Waals surface area contributed by atoms with Crippen molar-refractivity contribution in [2.24, 2.45) is 0 Å². The van der Waals surface area contributed by atoms with Crippen molar-refractivity contribution in [1.82, 2.24) is 10.2 Å². The molecule has 2 amide bonds. The number of imide groups is 1. The number of methoxy groups -OCH3 is 1. The average molecular weight is 246 g/mol. The first-order valence-corrected chi connectivity index (χ1v) is 5.24. The third kappa shape index (κ3) is 6.52. The van der Waals surface area contributed by atoms with Crippen LogP contribution in [-0.2, 0) is 14.3 Å². The molecule has 0 saturated heterocycles. The molecule has 17 heavy (non-hydrogen) atoms. The summed E-state index contributed by atoms with van der Waals surface area (Å²) in [6.07, 6.45) is -0.145. The molecule has 0 aromatic heterocycles. The standard InChI is InChI=1S/C10H18N2O5/c1-4-7(2)12(6-9(14)15)5-8(13)11-10(16)17-3/h7H,4-6H2,1-3H3,(H,14,15)(H,11,13,16). The van der Waals surface area contributed by atoms with Gasteiger partial charge in [0, 0.05) is 6.04 Å². The van der Waals surface area contributed by atoms with Crippen LogP contribution in [0.4, 0.5) is 4.79 Å². The minimum Gasteiger partial charge on any atom is -0.480 e. The van der Waals surface area contributed by atoms with Gasteiger partial charge in [0.05, 0.1) is 20.2 Å². The van der Waals surface area contributed by atoms with Crippen LogP contribution in [0.25, 0.3) is 0 Å². The number of carboxylic acid groups (broad SMARTS) is 1. The van der Waals surface area contributed by atoms with Crippen molar-refractivity contribution in [2.75, 3.05) is 20.2 Å². The molecule has 7 heteroatoms. The van der Waals surface area contributed by atoms with Crippen LogP contribution in [0.5, 0.6) is 0 Å². The second-order valence-electron chi connectivity index (χ2n) is 3.60. The van der Waals surface area contributed by atoms with Gasteiger partial charge in [-0.3, -0.25) is 19.8 Å². The fourth-order valence-electron chi connectivity index (χ4n) is 1.19. The van der Waals surface area contributed by atoms with E-state index in [-0.39, 0.29) is 19.1 Å². The summed E-state index contributed by atoms with van der Waals surface area (Å²) >= 11 is 0. The first kappa shape index (κ1) is 15.4. The molecule has 0 aliphatic rings. The molecule has 7 nitrogen and oxygen atoms in total. The van der Waals surface area contributed by atoms with Crippen molar-refractivity contribution in [3.8, 4) is 0 Å². The van der Waals surface area contributed by atoms with Crippen LogP contribution in [0, 0.1) is 0 Å². The van der Waals surface area contributed by atoms with Crippen molar-refractivity contribution in [3.05, 3.63) is 0 Å². The topological polar surface area (TPSA) is 95.9 Å². The van der Waals surface area contributed by atoms with Gasteiger partial charge >= 0.3 is 12.1 Å². The highest BCUT2D eigenvalue weighted by molar-refractivity contribution is 5.92. The van der Waals surface area contributed by atoms with Crippen LogP contribution in [0.2, 0.25) is 0 Å². The average Bonchev–Trinajstić information content (AvgIpc) is 2.26. The van der Waals surface area contributed by atoms with Gasteiger partial charge < -0.3 is 9.84 Å². The summed E-state index contributed by atoms with van der Waals surface area (Å²) in [5, 5.41) is 10.7. The molecule has 1 unspecified atom stereocenters. The van der Waals surface area contributed by atoms with E-state index in [1.54, 1.807) is 0 Å². The fraction of sp³-hybridized carbons (Fsp3) is 0.700. The van der Waals surface area contributed by atoms with E-state index in [1.807, 2.05) is 19.2 Å². The molecule has 0 aromatic carbocycles. The molecule has 0 bridgehead atoms. The summed E-state index contributed by atoms with van der Waals surface area (Å²) < 4.78 is 4.26. The Morgan fingerprint density at radius 2 is 1.94 bits per heavy atom. The maximum Gasteiger partial charge on any atom is 0.413 e. The number of hydrogen-bond acceptors (Lipinski definition) is 5. The number of hydrogen-bond donors (Lipinski definition) is 2. The van der Waals surface area contributed by atoms with Crippen molar-refractivity contribution < 1.29 is 24.2 Å². The van der Waals surface area contributed by atoms with Crippen LogP contribution in [0.3, 0.4) is 0 Å². The summed E-state index contributed by atoms with van der Waals surface area (Å²) in [7, 11) is 1.15. The predicted molar refractivity (Wildman–Crippen MR) is 59.5 cm³/mol. The maximum atomic E-state index is 11.4. The minimum absolute atomic E-state index is 0.0607.